The van der Waals surface area contributed by atoms with Crippen LogP contribution in [0.5, 0.6) is 5.75 Å². The van der Waals surface area contributed by atoms with Gasteiger partial charge in [-0.05, 0) is 136 Å². The van der Waals surface area contributed by atoms with E-state index in [1.54, 1.807) is 0 Å². The van der Waals surface area contributed by atoms with Crippen molar-refractivity contribution in [3.63, 3.8) is 0 Å². The van der Waals surface area contributed by atoms with Gasteiger partial charge in [0.1, 0.15) is 5.75 Å². The third-order valence-corrected chi connectivity index (χ3v) is 9.99. The minimum Gasteiger partial charge on any atom is -0.491 e. The SMILES string of the molecule is CC(CC1CN(C(C)(C)C)CCC1N(C)Cc1ccc(Cl)cc1)Oc1ccc(CN(C)C2CCN(C(C)C)CC2)cc1. The fraction of sp³-hybridized carbons (Fsp3) is 0.667. The molecule has 2 aromatic rings. The minimum absolute atomic E-state index is 0.154. The highest BCUT2D eigenvalue weighted by Gasteiger charge is 2.36. The van der Waals surface area contributed by atoms with Gasteiger partial charge in [-0.2, -0.15) is 0 Å². The Morgan fingerprint density at radius 3 is 1.98 bits per heavy atom. The molecule has 0 aromatic heterocycles. The van der Waals surface area contributed by atoms with Crippen molar-refractivity contribution < 1.29 is 4.74 Å². The molecule has 2 heterocycles. The maximum Gasteiger partial charge on any atom is 0.119 e. The Bertz CT molecular complexity index is 1080. The molecule has 6 heteroatoms. The van der Waals surface area contributed by atoms with Crippen LogP contribution in [0.3, 0.4) is 0 Å². The summed E-state index contributed by atoms with van der Waals surface area (Å²) in [5, 5.41) is 0.797. The van der Waals surface area contributed by atoms with Crippen LogP contribution in [0.4, 0.5) is 0 Å². The fourth-order valence-electron chi connectivity index (χ4n) is 7.08. The van der Waals surface area contributed by atoms with Gasteiger partial charge in [-0.15, -0.1) is 0 Å². The molecule has 2 aliphatic heterocycles. The van der Waals surface area contributed by atoms with Gasteiger partial charge in [-0.25, -0.2) is 0 Å². The smallest absolute Gasteiger partial charge is 0.119 e. The normalized spacial score (nSPS) is 22.3. The third-order valence-electron chi connectivity index (χ3n) is 9.73. The van der Waals surface area contributed by atoms with Crippen LogP contribution in [0.15, 0.2) is 48.5 Å². The number of halogens is 1. The highest BCUT2D eigenvalue weighted by Crippen LogP contribution is 2.31. The second-order valence-corrected chi connectivity index (χ2v) is 14.8. The molecule has 0 aliphatic carbocycles. The summed E-state index contributed by atoms with van der Waals surface area (Å²) in [5.41, 5.74) is 2.85. The molecule has 0 spiro atoms. The summed E-state index contributed by atoms with van der Waals surface area (Å²) >= 11 is 6.14. The lowest BCUT2D eigenvalue weighted by Gasteiger charge is -2.48. The van der Waals surface area contributed by atoms with E-state index in [0.29, 0.717) is 24.0 Å². The lowest BCUT2D eigenvalue weighted by atomic mass is 9.84. The maximum atomic E-state index is 6.54. The predicted octanol–water partition coefficient (Wildman–Crippen LogP) is 7.42. The maximum absolute atomic E-state index is 6.54. The summed E-state index contributed by atoms with van der Waals surface area (Å²) in [6.07, 6.45) is 4.90. The molecule has 234 valence electrons. The standard InChI is InChI=1S/C36H57ClN4O/c1-27(2)40-20-17-33(18-21-40)38(7)24-30-11-15-34(16-12-30)42-28(3)23-31-26-41(36(4,5)6)22-19-35(31)39(8)25-29-9-13-32(37)14-10-29/h9-16,27-28,31,33,35H,17-26H2,1-8H3. The van der Waals surface area contributed by atoms with Crippen LogP contribution in [0, 0.1) is 5.92 Å². The molecule has 0 bridgehead atoms. The van der Waals surface area contributed by atoms with Gasteiger partial charge in [0.15, 0.2) is 0 Å². The van der Waals surface area contributed by atoms with Crippen molar-refractivity contribution in [2.45, 2.75) is 110 Å². The van der Waals surface area contributed by atoms with E-state index in [4.69, 9.17) is 16.3 Å². The number of ether oxygens (including phenoxy) is 1. The average Bonchev–Trinajstić information content (AvgIpc) is 2.94. The Kier molecular flexibility index (Phi) is 11.8. The van der Waals surface area contributed by atoms with Crippen LogP contribution in [0.25, 0.3) is 0 Å². The largest absolute Gasteiger partial charge is 0.491 e. The summed E-state index contributed by atoms with van der Waals surface area (Å²) in [6.45, 7) is 20.5. The number of nitrogens with zero attached hydrogens (tertiary/aromatic N) is 4. The van der Waals surface area contributed by atoms with Crippen molar-refractivity contribution in [3.8, 4) is 5.75 Å². The Morgan fingerprint density at radius 2 is 1.40 bits per heavy atom. The molecule has 3 atom stereocenters. The van der Waals surface area contributed by atoms with Gasteiger partial charge >= 0.3 is 0 Å². The quantitative estimate of drug-likeness (QED) is 0.268. The molecule has 2 aliphatic rings. The third kappa shape index (κ3) is 9.43. The number of piperidine rings is 2. The van der Waals surface area contributed by atoms with Gasteiger partial charge in [0.25, 0.3) is 0 Å². The Morgan fingerprint density at radius 1 is 0.833 bits per heavy atom. The van der Waals surface area contributed by atoms with Gasteiger partial charge in [0.2, 0.25) is 0 Å². The van der Waals surface area contributed by atoms with E-state index in [1.165, 1.54) is 43.5 Å². The van der Waals surface area contributed by atoms with Crippen molar-refractivity contribution in [1.82, 2.24) is 19.6 Å². The molecule has 2 aromatic carbocycles. The highest BCUT2D eigenvalue weighted by atomic mass is 35.5. The van der Waals surface area contributed by atoms with Gasteiger partial charge < -0.3 is 9.64 Å². The highest BCUT2D eigenvalue weighted by molar-refractivity contribution is 6.30. The number of benzene rings is 2. The van der Waals surface area contributed by atoms with Gasteiger partial charge in [0, 0.05) is 54.9 Å². The zero-order valence-electron chi connectivity index (χ0n) is 27.7. The fourth-order valence-corrected chi connectivity index (χ4v) is 7.20. The van der Waals surface area contributed by atoms with E-state index >= 15 is 0 Å². The molecule has 0 radical (unpaired) electrons. The minimum atomic E-state index is 0.154. The van der Waals surface area contributed by atoms with Crippen molar-refractivity contribution in [3.05, 3.63) is 64.7 Å². The molecule has 4 rings (SSSR count). The molecule has 2 fully saturated rings. The zero-order chi connectivity index (χ0) is 30.4. The molecule has 0 amide bonds. The first kappa shape index (κ1) is 33.3. The molecular weight excluding hydrogens is 540 g/mol. The number of hydrogen-bond donors (Lipinski definition) is 0. The number of likely N-dealkylation sites (tertiary alicyclic amines) is 2. The summed E-state index contributed by atoms with van der Waals surface area (Å²) in [7, 11) is 4.57. The molecule has 5 nitrogen and oxygen atoms in total. The molecule has 42 heavy (non-hydrogen) atoms. The summed E-state index contributed by atoms with van der Waals surface area (Å²) < 4.78 is 6.54. The van der Waals surface area contributed by atoms with Crippen LogP contribution < -0.4 is 4.74 Å². The Hall–Kier alpha value is -1.63. The molecule has 3 unspecified atom stereocenters. The second kappa shape index (κ2) is 14.9. The monoisotopic (exact) mass is 596 g/mol. The topological polar surface area (TPSA) is 22.2 Å². The van der Waals surface area contributed by atoms with E-state index in [0.717, 1.165) is 43.4 Å². The average molecular weight is 597 g/mol. The van der Waals surface area contributed by atoms with Gasteiger partial charge in [0.05, 0.1) is 6.10 Å². The van der Waals surface area contributed by atoms with Gasteiger partial charge in [-0.3, -0.25) is 14.7 Å². The summed E-state index contributed by atoms with van der Waals surface area (Å²) in [5.74, 6) is 1.52. The predicted molar refractivity (Wildman–Crippen MR) is 178 cm³/mol. The number of rotatable bonds is 11. The van der Waals surface area contributed by atoms with E-state index in [-0.39, 0.29) is 11.6 Å². The van der Waals surface area contributed by atoms with Crippen LogP contribution in [0.2, 0.25) is 5.02 Å². The van der Waals surface area contributed by atoms with E-state index in [1.807, 2.05) is 12.1 Å². The first-order valence-electron chi connectivity index (χ1n) is 16.3. The van der Waals surface area contributed by atoms with Crippen molar-refractivity contribution in [2.75, 3.05) is 40.3 Å². The van der Waals surface area contributed by atoms with Crippen molar-refractivity contribution >= 4 is 11.6 Å². The summed E-state index contributed by atoms with van der Waals surface area (Å²) in [6, 6.07) is 19.0. The Balaban J connectivity index is 1.32. The van der Waals surface area contributed by atoms with E-state index in [2.05, 4.69) is 112 Å². The van der Waals surface area contributed by atoms with E-state index < -0.39 is 0 Å². The molecule has 2 saturated heterocycles. The summed E-state index contributed by atoms with van der Waals surface area (Å²) in [4.78, 5) is 10.4. The van der Waals surface area contributed by atoms with Crippen LogP contribution in [-0.4, -0.2) is 89.6 Å². The van der Waals surface area contributed by atoms with Crippen LogP contribution in [-0.2, 0) is 13.1 Å². The van der Waals surface area contributed by atoms with Crippen molar-refractivity contribution in [1.29, 1.82) is 0 Å². The Labute approximate surface area is 262 Å². The lowest BCUT2D eigenvalue weighted by Crippen LogP contribution is -2.55. The number of hydrogen-bond acceptors (Lipinski definition) is 5. The first-order chi connectivity index (χ1) is 19.9. The molecule has 0 saturated carbocycles. The van der Waals surface area contributed by atoms with Crippen LogP contribution >= 0.6 is 11.6 Å². The zero-order valence-corrected chi connectivity index (χ0v) is 28.4. The van der Waals surface area contributed by atoms with Gasteiger partial charge in [-0.1, -0.05) is 35.9 Å². The lowest BCUT2D eigenvalue weighted by molar-refractivity contribution is 0.00526. The van der Waals surface area contributed by atoms with E-state index in [9.17, 15) is 0 Å². The van der Waals surface area contributed by atoms with Crippen molar-refractivity contribution in [2.24, 2.45) is 5.92 Å². The first-order valence-corrected chi connectivity index (χ1v) is 16.7. The second-order valence-electron chi connectivity index (χ2n) is 14.4. The van der Waals surface area contributed by atoms with Crippen LogP contribution in [0.1, 0.15) is 78.4 Å². The molecule has 0 N–H and O–H groups in total. The molecular formula is C36H57ClN4O.